The second-order valence-corrected chi connectivity index (χ2v) is 11.1. The third-order valence-electron chi connectivity index (χ3n) is 8.55. The predicted molar refractivity (Wildman–Crippen MR) is 135 cm³/mol. The number of hydrogen-bond donors (Lipinski definition) is 0. The highest BCUT2D eigenvalue weighted by Crippen LogP contribution is 2.45. The molecule has 5 atom stereocenters. The van der Waals surface area contributed by atoms with Crippen molar-refractivity contribution in [3.63, 3.8) is 0 Å². The van der Waals surface area contributed by atoms with E-state index in [1.165, 1.54) is 24.8 Å². The van der Waals surface area contributed by atoms with Gasteiger partial charge in [-0.15, -0.1) is 0 Å². The van der Waals surface area contributed by atoms with Gasteiger partial charge in [-0.3, -0.25) is 4.90 Å². The van der Waals surface area contributed by atoms with Gasteiger partial charge < -0.3 is 14.2 Å². The maximum Gasteiger partial charge on any atom is 0.202 e. The van der Waals surface area contributed by atoms with E-state index in [9.17, 15) is 0 Å². The average molecular weight is 488 g/mol. The molecule has 6 heteroatoms. The molecule has 3 unspecified atom stereocenters. The zero-order valence-corrected chi connectivity index (χ0v) is 21.6. The van der Waals surface area contributed by atoms with E-state index in [1.54, 1.807) is 0 Å². The minimum Gasteiger partial charge on any atom is -0.494 e. The van der Waals surface area contributed by atoms with Crippen molar-refractivity contribution in [2.24, 2.45) is 5.92 Å². The van der Waals surface area contributed by atoms with E-state index in [2.05, 4.69) is 36.1 Å². The van der Waals surface area contributed by atoms with Gasteiger partial charge in [0, 0.05) is 32.5 Å². The fourth-order valence-corrected chi connectivity index (χ4v) is 6.46. The molecule has 5 fully saturated rings. The zero-order chi connectivity index (χ0) is 23.9. The average Bonchev–Trinajstić information content (AvgIpc) is 3.00. The fraction of sp³-hybridized carbons (Fsp3) is 0.793. The number of hydrogen-bond acceptors (Lipinski definition) is 6. The Kier molecular flexibility index (Phi) is 9.01. The molecule has 3 saturated heterocycles. The lowest BCUT2D eigenvalue weighted by Crippen LogP contribution is -2.43. The number of fused-ring (bicyclic) bond motifs is 5. The Hall–Kier alpha value is -1.18. The number of ether oxygens (including phenoxy) is 3. The van der Waals surface area contributed by atoms with Crippen LogP contribution in [0, 0.1) is 5.92 Å². The van der Waals surface area contributed by atoms with E-state index in [0.29, 0.717) is 11.8 Å². The van der Waals surface area contributed by atoms with Crippen molar-refractivity contribution in [1.29, 1.82) is 0 Å². The second kappa shape index (κ2) is 12.4. The predicted octanol–water partition coefficient (Wildman–Crippen LogP) is 5.85. The zero-order valence-electron chi connectivity index (χ0n) is 21.6. The Bertz CT molecular complexity index is 767. The fourth-order valence-electron chi connectivity index (χ4n) is 6.46. The molecule has 0 aromatic heterocycles. The number of benzene rings is 1. The third kappa shape index (κ3) is 6.98. The highest BCUT2D eigenvalue weighted by Gasteiger charge is 2.44. The summed E-state index contributed by atoms with van der Waals surface area (Å²) >= 11 is 0. The Balaban J connectivity index is 1.16. The molecular weight excluding hydrogens is 442 g/mol. The van der Waals surface area contributed by atoms with E-state index in [-0.39, 0.29) is 12.2 Å². The molecule has 1 spiro atoms. The van der Waals surface area contributed by atoms with Crippen molar-refractivity contribution >= 4 is 0 Å². The molecule has 0 N–H and O–H groups in total. The largest absolute Gasteiger partial charge is 0.494 e. The molecule has 0 amide bonds. The van der Waals surface area contributed by atoms with E-state index in [0.717, 1.165) is 96.6 Å². The van der Waals surface area contributed by atoms with Crippen molar-refractivity contribution < 1.29 is 24.0 Å². The van der Waals surface area contributed by atoms with Crippen molar-refractivity contribution in [2.75, 3.05) is 39.5 Å². The lowest BCUT2D eigenvalue weighted by Gasteiger charge is -2.41. The molecule has 2 saturated carbocycles. The Morgan fingerprint density at radius 2 is 1.80 bits per heavy atom. The van der Waals surface area contributed by atoms with Gasteiger partial charge in [-0.05, 0) is 80.9 Å². The molecule has 1 aromatic rings. The molecule has 2 bridgehead atoms. The van der Waals surface area contributed by atoms with Crippen LogP contribution in [0.2, 0.25) is 0 Å². The van der Waals surface area contributed by atoms with Crippen LogP contribution in [0.25, 0.3) is 0 Å². The monoisotopic (exact) mass is 487 g/mol. The summed E-state index contributed by atoms with van der Waals surface area (Å²) in [6.45, 7) is 7.91. The summed E-state index contributed by atoms with van der Waals surface area (Å²) in [6.07, 6.45) is 12.4. The standard InChI is InChI=1S/C29H45NO5/c1-2-23-20-27-7-3-8-28(21-23)34-35-29(33-27)13-4-6-25(22-29)24-9-11-26(12-10-24)32-17-5-14-30-15-18-31-19-16-30/h9-12,23,25,27-28H,2-8,13-22H2,1H3/t23?,25?,27?,28-,29+/m0/s1. The summed E-state index contributed by atoms with van der Waals surface area (Å²) in [6, 6.07) is 8.74. The molecule has 196 valence electrons. The van der Waals surface area contributed by atoms with Crippen LogP contribution in [-0.4, -0.2) is 62.3 Å². The molecule has 35 heavy (non-hydrogen) atoms. The summed E-state index contributed by atoms with van der Waals surface area (Å²) in [7, 11) is 0. The first-order chi connectivity index (χ1) is 17.2. The van der Waals surface area contributed by atoms with Gasteiger partial charge in [-0.1, -0.05) is 25.5 Å². The van der Waals surface area contributed by atoms with Gasteiger partial charge in [0.25, 0.3) is 0 Å². The van der Waals surface area contributed by atoms with E-state index < -0.39 is 5.79 Å². The van der Waals surface area contributed by atoms with Crippen LogP contribution < -0.4 is 4.74 Å². The maximum atomic E-state index is 6.81. The smallest absolute Gasteiger partial charge is 0.202 e. The number of rotatable bonds is 7. The van der Waals surface area contributed by atoms with Gasteiger partial charge in [0.15, 0.2) is 0 Å². The van der Waals surface area contributed by atoms with E-state index >= 15 is 0 Å². The Morgan fingerprint density at radius 3 is 2.63 bits per heavy atom. The Labute approximate surface area is 211 Å². The first-order valence-electron chi connectivity index (χ1n) is 14.3. The van der Waals surface area contributed by atoms with Crippen LogP contribution >= 0.6 is 0 Å². The highest BCUT2D eigenvalue weighted by atomic mass is 17.2. The summed E-state index contributed by atoms with van der Waals surface area (Å²) in [5, 5.41) is 0. The topological polar surface area (TPSA) is 49.4 Å². The van der Waals surface area contributed by atoms with Crippen LogP contribution in [0.5, 0.6) is 5.75 Å². The van der Waals surface area contributed by atoms with Crippen LogP contribution in [0.4, 0.5) is 0 Å². The lowest BCUT2D eigenvalue weighted by molar-refractivity contribution is -0.454. The summed E-state index contributed by atoms with van der Waals surface area (Å²) in [5.41, 5.74) is 1.35. The first-order valence-corrected chi connectivity index (χ1v) is 14.3. The summed E-state index contributed by atoms with van der Waals surface area (Å²) in [5.74, 6) is 1.45. The quantitative estimate of drug-likeness (QED) is 0.355. The van der Waals surface area contributed by atoms with Crippen LogP contribution in [0.3, 0.4) is 0 Å². The minimum atomic E-state index is -0.604. The molecule has 6 rings (SSSR count). The molecule has 5 aliphatic rings. The van der Waals surface area contributed by atoms with E-state index in [1.807, 2.05) is 0 Å². The Morgan fingerprint density at radius 1 is 1.00 bits per heavy atom. The van der Waals surface area contributed by atoms with Gasteiger partial charge >= 0.3 is 0 Å². The molecular formula is C29H45NO5. The minimum absolute atomic E-state index is 0.208. The summed E-state index contributed by atoms with van der Waals surface area (Å²) in [4.78, 5) is 14.8. The van der Waals surface area contributed by atoms with E-state index in [4.69, 9.17) is 24.0 Å². The van der Waals surface area contributed by atoms with Crippen molar-refractivity contribution in [3.8, 4) is 5.75 Å². The van der Waals surface area contributed by atoms with Gasteiger partial charge in [0.2, 0.25) is 5.79 Å². The van der Waals surface area contributed by atoms with Gasteiger partial charge in [-0.25, -0.2) is 9.78 Å². The molecule has 2 aliphatic carbocycles. The first kappa shape index (κ1) is 25.5. The number of nitrogens with zero attached hydrogens (tertiary/aromatic N) is 1. The van der Waals surface area contributed by atoms with Crippen LogP contribution in [-0.2, 0) is 19.2 Å². The highest BCUT2D eigenvalue weighted by molar-refractivity contribution is 5.30. The summed E-state index contributed by atoms with van der Waals surface area (Å²) < 4.78 is 18.3. The normalized spacial score (nSPS) is 34.7. The number of morpholine rings is 1. The third-order valence-corrected chi connectivity index (χ3v) is 8.55. The molecule has 1 aromatic carbocycles. The molecule has 0 radical (unpaired) electrons. The van der Waals surface area contributed by atoms with Crippen molar-refractivity contribution in [2.45, 2.75) is 101 Å². The van der Waals surface area contributed by atoms with Gasteiger partial charge in [0.1, 0.15) is 5.75 Å². The van der Waals surface area contributed by atoms with Gasteiger partial charge in [0.05, 0.1) is 32.0 Å². The SMILES string of the molecule is CCC1CC2CCC[C@@H](C1)OO[C@@]1(CCCC(c3ccc(OCCCN4CCOCC4)cc3)C1)O2. The second-order valence-electron chi connectivity index (χ2n) is 11.1. The maximum absolute atomic E-state index is 6.81. The molecule has 3 aliphatic heterocycles. The van der Waals surface area contributed by atoms with Crippen LogP contribution in [0.1, 0.15) is 89.0 Å². The van der Waals surface area contributed by atoms with Crippen molar-refractivity contribution in [3.05, 3.63) is 29.8 Å². The van der Waals surface area contributed by atoms with Gasteiger partial charge in [-0.2, -0.15) is 0 Å². The lowest BCUT2D eigenvalue weighted by atomic mass is 9.80. The molecule has 3 heterocycles. The van der Waals surface area contributed by atoms with Crippen LogP contribution in [0.15, 0.2) is 24.3 Å². The van der Waals surface area contributed by atoms with Crippen molar-refractivity contribution in [1.82, 2.24) is 4.90 Å². The molecule has 6 nitrogen and oxygen atoms in total.